The first-order chi connectivity index (χ1) is 12.8. The summed E-state index contributed by atoms with van der Waals surface area (Å²) in [5, 5.41) is 6.66. The molecule has 1 N–H and O–H groups in total. The third-order valence-electron chi connectivity index (χ3n) is 4.23. The molecule has 0 saturated heterocycles. The number of allylic oxidation sites excluding steroid dienone is 5. The Morgan fingerprint density at radius 3 is 2.70 bits per heavy atom. The van der Waals surface area contributed by atoms with E-state index in [1.165, 1.54) is 4.90 Å². The quantitative estimate of drug-likeness (QED) is 0.879. The van der Waals surface area contributed by atoms with Gasteiger partial charge in [0.15, 0.2) is 5.69 Å². The lowest BCUT2D eigenvalue weighted by Crippen LogP contribution is -2.38. The number of fused-ring (bicyclic) bond motifs is 2. The molecule has 1 aromatic rings. The van der Waals surface area contributed by atoms with Crippen molar-refractivity contribution in [1.29, 1.82) is 0 Å². The van der Waals surface area contributed by atoms with Crippen LogP contribution in [-0.4, -0.2) is 27.7 Å². The van der Waals surface area contributed by atoms with E-state index >= 15 is 0 Å². The van der Waals surface area contributed by atoms with Gasteiger partial charge < -0.3 is 14.6 Å². The van der Waals surface area contributed by atoms with Gasteiger partial charge in [-0.25, -0.2) is 9.69 Å². The molecule has 0 radical (unpaired) electrons. The zero-order valence-corrected chi connectivity index (χ0v) is 15.5. The molecular formula is C20H21N3O4. The highest BCUT2D eigenvalue weighted by Gasteiger charge is 2.31. The minimum absolute atomic E-state index is 0.250. The smallest absolute Gasteiger partial charge is 0.419 e. The highest BCUT2D eigenvalue weighted by atomic mass is 16.6. The monoisotopic (exact) mass is 367 g/mol. The number of rotatable bonds is 3. The van der Waals surface area contributed by atoms with E-state index in [9.17, 15) is 9.59 Å². The second-order valence-electron chi connectivity index (χ2n) is 7.78. The van der Waals surface area contributed by atoms with Crippen molar-refractivity contribution in [2.24, 2.45) is 0 Å². The zero-order chi connectivity index (χ0) is 19.2. The van der Waals surface area contributed by atoms with Crippen LogP contribution < -0.4 is 5.32 Å². The molecule has 3 aliphatic rings. The molecule has 2 aliphatic heterocycles. The van der Waals surface area contributed by atoms with Gasteiger partial charge in [0, 0.05) is 17.7 Å². The van der Waals surface area contributed by atoms with Crippen molar-refractivity contribution in [3.63, 3.8) is 0 Å². The molecule has 1 saturated carbocycles. The Kier molecular flexibility index (Phi) is 4.02. The maximum absolute atomic E-state index is 12.5. The largest absolute Gasteiger partial charge is 0.443 e. The molecule has 4 rings (SSSR count). The third kappa shape index (κ3) is 3.72. The maximum Gasteiger partial charge on any atom is 0.419 e. The van der Waals surface area contributed by atoms with Gasteiger partial charge in [-0.1, -0.05) is 11.2 Å². The molecule has 27 heavy (non-hydrogen) atoms. The van der Waals surface area contributed by atoms with Crippen LogP contribution in [0.25, 0.3) is 0 Å². The van der Waals surface area contributed by atoms with Crippen molar-refractivity contribution < 1.29 is 18.8 Å². The molecule has 1 aromatic heterocycles. The van der Waals surface area contributed by atoms with Gasteiger partial charge in [0.25, 0.3) is 5.91 Å². The molecular weight excluding hydrogens is 346 g/mol. The van der Waals surface area contributed by atoms with Crippen LogP contribution in [0.15, 0.2) is 58.1 Å². The standard InChI is InChI=1S/C20H21N3O4/c1-20(2,3)26-19(25)23-14-5-4-6-15(23)10-13(9-14)21-18(24)16-11-17(27-22-16)12-7-8-12/h4-6,9-12H,7-8H2,1-3H3,(H,21,24). The van der Waals surface area contributed by atoms with Crippen LogP contribution in [0.3, 0.4) is 0 Å². The zero-order valence-electron chi connectivity index (χ0n) is 15.5. The predicted molar refractivity (Wildman–Crippen MR) is 97.4 cm³/mol. The summed E-state index contributed by atoms with van der Waals surface area (Å²) in [5.74, 6) is 0.809. The fraction of sp³-hybridized carbons (Fsp3) is 0.350. The summed E-state index contributed by atoms with van der Waals surface area (Å²) in [6.07, 6.45) is 10.5. The Morgan fingerprint density at radius 2 is 2.04 bits per heavy atom. The summed E-state index contributed by atoms with van der Waals surface area (Å²) in [7, 11) is 0. The average Bonchev–Trinajstić information content (AvgIpc) is 3.29. The van der Waals surface area contributed by atoms with Crippen molar-refractivity contribution in [1.82, 2.24) is 15.4 Å². The van der Waals surface area contributed by atoms with E-state index in [-0.39, 0.29) is 11.6 Å². The van der Waals surface area contributed by atoms with E-state index in [0.29, 0.717) is 23.0 Å². The van der Waals surface area contributed by atoms with Crippen molar-refractivity contribution in [3.05, 3.63) is 65.0 Å². The molecule has 140 valence electrons. The summed E-state index contributed by atoms with van der Waals surface area (Å²) in [6.45, 7) is 5.45. The number of nitrogens with zero attached hydrogens (tertiary/aromatic N) is 2. The lowest BCUT2D eigenvalue weighted by Gasteiger charge is -2.32. The summed E-state index contributed by atoms with van der Waals surface area (Å²) in [4.78, 5) is 26.4. The Hall–Kier alpha value is -3.09. The number of aromatic nitrogens is 1. The van der Waals surface area contributed by atoms with Crippen LogP contribution in [0, 0.1) is 0 Å². The Labute approximate surface area is 157 Å². The first kappa shape index (κ1) is 17.3. The second-order valence-corrected chi connectivity index (χ2v) is 7.78. The molecule has 7 heteroatoms. The van der Waals surface area contributed by atoms with E-state index in [4.69, 9.17) is 9.26 Å². The number of carbonyl (C=O) groups is 2. The molecule has 7 nitrogen and oxygen atoms in total. The number of ether oxygens (including phenoxy) is 1. The van der Waals surface area contributed by atoms with Crippen molar-refractivity contribution in [2.75, 3.05) is 0 Å². The lowest BCUT2D eigenvalue weighted by atomic mass is 10.1. The van der Waals surface area contributed by atoms with E-state index < -0.39 is 11.7 Å². The Bertz CT molecular complexity index is 921. The minimum Gasteiger partial charge on any atom is -0.443 e. The molecule has 0 spiro atoms. The second kappa shape index (κ2) is 6.26. The predicted octanol–water partition coefficient (Wildman–Crippen LogP) is 3.75. The normalized spacial score (nSPS) is 18.5. The molecule has 0 aromatic carbocycles. The van der Waals surface area contributed by atoms with Crippen LogP contribution in [-0.2, 0) is 4.74 Å². The van der Waals surface area contributed by atoms with Gasteiger partial charge >= 0.3 is 6.09 Å². The van der Waals surface area contributed by atoms with Crippen molar-refractivity contribution in [3.8, 4) is 0 Å². The van der Waals surface area contributed by atoms with Crippen LogP contribution >= 0.6 is 0 Å². The summed E-state index contributed by atoms with van der Waals surface area (Å²) in [6, 6.07) is 1.69. The number of hydrogen-bond donors (Lipinski definition) is 1. The molecule has 2 bridgehead atoms. The van der Waals surface area contributed by atoms with Gasteiger partial charge in [0.1, 0.15) is 11.4 Å². The van der Waals surface area contributed by atoms with Crippen LogP contribution in [0.1, 0.15) is 55.8 Å². The Morgan fingerprint density at radius 1 is 1.26 bits per heavy atom. The van der Waals surface area contributed by atoms with Crippen LogP contribution in [0.5, 0.6) is 0 Å². The third-order valence-corrected chi connectivity index (χ3v) is 4.23. The van der Waals surface area contributed by atoms with E-state index in [1.54, 1.807) is 30.4 Å². The number of carbonyl (C=O) groups excluding carboxylic acids is 2. The SMILES string of the molecule is CC(C)(C)OC(=O)N1C2=CC=CC1=CC(NC(=O)c1cc(C3CC3)on1)=C2. The van der Waals surface area contributed by atoms with Crippen LogP contribution in [0.2, 0.25) is 0 Å². The first-order valence-electron chi connectivity index (χ1n) is 8.93. The Balaban J connectivity index is 1.49. The molecule has 0 unspecified atom stereocenters. The maximum atomic E-state index is 12.5. The molecule has 2 amide bonds. The number of hydrogen-bond acceptors (Lipinski definition) is 5. The minimum atomic E-state index is -0.597. The molecule has 1 aliphatic carbocycles. The van der Waals surface area contributed by atoms with Gasteiger partial charge in [-0.05, 0) is 57.9 Å². The summed E-state index contributed by atoms with van der Waals surface area (Å²) >= 11 is 0. The topological polar surface area (TPSA) is 84.7 Å². The van der Waals surface area contributed by atoms with Gasteiger partial charge in [-0.15, -0.1) is 0 Å². The van der Waals surface area contributed by atoms with E-state index in [1.807, 2.05) is 26.8 Å². The van der Waals surface area contributed by atoms with E-state index in [0.717, 1.165) is 18.6 Å². The van der Waals surface area contributed by atoms with Crippen molar-refractivity contribution >= 4 is 12.0 Å². The summed E-state index contributed by atoms with van der Waals surface area (Å²) in [5.41, 5.74) is 1.47. The fourth-order valence-corrected chi connectivity index (χ4v) is 2.87. The van der Waals surface area contributed by atoms with Gasteiger partial charge in [0.2, 0.25) is 0 Å². The number of amides is 2. The highest BCUT2D eigenvalue weighted by molar-refractivity contribution is 5.94. The lowest BCUT2D eigenvalue weighted by molar-refractivity contribution is 0.0373. The molecule has 1 fully saturated rings. The van der Waals surface area contributed by atoms with Gasteiger partial charge in [-0.2, -0.15) is 0 Å². The van der Waals surface area contributed by atoms with Gasteiger partial charge in [-0.3, -0.25) is 4.79 Å². The van der Waals surface area contributed by atoms with Gasteiger partial charge in [0.05, 0.1) is 11.4 Å². The average molecular weight is 367 g/mol. The fourth-order valence-electron chi connectivity index (χ4n) is 2.87. The van der Waals surface area contributed by atoms with E-state index in [2.05, 4.69) is 10.5 Å². The first-order valence-corrected chi connectivity index (χ1v) is 8.93. The number of nitrogens with one attached hydrogen (secondary N) is 1. The molecule has 3 heterocycles. The molecule has 0 atom stereocenters. The van der Waals surface area contributed by atoms with Crippen LogP contribution in [0.4, 0.5) is 4.79 Å². The van der Waals surface area contributed by atoms with Crippen molar-refractivity contribution in [2.45, 2.75) is 45.1 Å². The highest BCUT2D eigenvalue weighted by Crippen LogP contribution is 2.40. The summed E-state index contributed by atoms with van der Waals surface area (Å²) < 4.78 is 10.7.